The summed E-state index contributed by atoms with van der Waals surface area (Å²) in [6.07, 6.45) is 0. The van der Waals surface area contributed by atoms with E-state index in [9.17, 15) is 0 Å². The molecule has 1 aromatic carbocycles. The molecule has 0 saturated heterocycles. The normalized spacial score (nSPS) is 20.5. The molecule has 1 aliphatic rings. The first-order valence-electron chi connectivity index (χ1n) is 5.04. The number of hydrogen-bond donors (Lipinski definition) is 0. The number of benzene rings is 1. The first-order chi connectivity index (χ1) is 7.84. The summed E-state index contributed by atoms with van der Waals surface area (Å²) in [4.78, 5) is 6.36. The van der Waals surface area contributed by atoms with Crippen LogP contribution in [0.1, 0.15) is 4.88 Å². The Balaban J connectivity index is 2.12. The highest BCUT2D eigenvalue weighted by Gasteiger charge is 2.15. The van der Waals surface area contributed by atoms with Crippen molar-refractivity contribution < 1.29 is 4.84 Å². The molecule has 0 bridgehead atoms. The summed E-state index contributed by atoms with van der Waals surface area (Å²) in [5, 5.41) is 6.44. The predicted octanol–water partition coefficient (Wildman–Crippen LogP) is 3.29. The van der Waals surface area contributed by atoms with Gasteiger partial charge in [-0.25, -0.2) is 0 Å². The first kappa shape index (κ1) is 10.1. The molecule has 4 heteroatoms. The van der Waals surface area contributed by atoms with E-state index in [1.165, 1.54) is 15.0 Å². The van der Waals surface area contributed by atoms with Crippen molar-refractivity contribution in [2.24, 2.45) is 5.16 Å². The van der Waals surface area contributed by atoms with Crippen molar-refractivity contribution in [2.75, 3.05) is 12.4 Å². The van der Waals surface area contributed by atoms with Gasteiger partial charge in [0.15, 0.2) is 0 Å². The topological polar surface area (TPSA) is 21.6 Å². The average molecular weight is 249 g/mol. The van der Waals surface area contributed by atoms with Gasteiger partial charge in [-0.1, -0.05) is 29.2 Å². The van der Waals surface area contributed by atoms with Crippen molar-refractivity contribution in [1.29, 1.82) is 0 Å². The third-order valence-electron chi connectivity index (χ3n) is 2.48. The van der Waals surface area contributed by atoms with E-state index >= 15 is 0 Å². The maximum absolute atomic E-state index is 5.16. The summed E-state index contributed by atoms with van der Waals surface area (Å²) in [5.74, 6) is 5.13. The highest BCUT2D eigenvalue weighted by molar-refractivity contribution is 8.27. The smallest absolute Gasteiger partial charge is 0.147 e. The van der Waals surface area contributed by atoms with Gasteiger partial charge in [0.05, 0.1) is 4.88 Å². The molecule has 0 fully saturated rings. The number of fused-ring (bicyclic) bond motifs is 1. The maximum Gasteiger partial charge on any atom is 0.147 e. The summed E-state index contributed by atoms with van der Waals surface area (Å²) in [7, 11) is -0.0202. The fraction of sp³-hybridized carbons (Fsp3) is 0.167. The Hall–Kier alpha value is -1.13. The van der Waals surface area contributed by atoms with Crippen molar-refractivity contribution in [1.82, 2.24) is 0 Å². The highest BCUT2D eigenvalue weighted by Crippen LogP contribution is 2.31. The standard InChI is InChI=1S/C12H11NOS2/c1-16-7-6-14-13-12(16)11-8-9-4-2-3-5-10(9)15-11/h2-5,8H,1,6-7H2. The Morgan fingerprint density at radius 2 is 2.25 bits per heavy atom. The molecule has 82 valence electrons. The molecule has 2 heterocycles. The first-order valence-corrected chi connectivity index (χ1v) is 7.42. The van der Waals surface area contributed by atoms with Crippen LogP contribution in [-0.2, 0) is 4.84 Å². The largest absolute Gasteiger partial charge is 0.394 e. The summed E-state index contributed by atoms with van der Waals surface area (Å²) in [6, 6.07) is 10.6. The Bertz CT molecular complexity index is 552. The van der Waals surface area contributed by atoms with E-state index < -0.39 is 0 Å². The predicted molar refractivity (Wildman–Crippen MR) is 73.9 cm³/mol. The lowest BCUT2D eigenvalue weighted by molar-refractivity contribution is 0.160. The van der Waals surface area contributed by atoms with Gasteiger partial charge in [0.2, 0.25) is 0 Å². The Labute approximate surface area is 100 Å². The molecule has 0 aliphatic carbocycles. The van der Waals surface area contributed by atoms with Crippen molar-refractivity contribution in [3.63, 3.8) is 0 Å². The Morgan fingerprint density at radius 3 is 3.06 bits per heavy atom. The quantitative estimate of drug-likeness (QED) is 0.711. The molecule has 16 heavy (non-hydrogen) atoms. The second-order valence-electron chi connectivity index (χ2n) is 3.58. The molecule has 0 N–H and O–H groups in total. The third-order valence-corrected chi connectivity index (χ3v) is 5.23. The van der Waals surface area contributed by atoms with Crippen LogP contribution in [0.2, 0.25) is 0 Å². The van der Waals surface area contributed by atoms with Gasteiger partial charge in [0.1, 0.15) is 11.7 Å². The van der Waals surface area contributed by atoms with Crippen LogP contribution in [0.5, 0.6) is 0 Å². The second kappa shape index (κ2) is 4.03. The van der Waals surface area contributed by atoms with E-state index in [1.54, 1.807) is 11.3 Å². The highest BCUT2D eigenvalue weighted by atomic mass is 32.2. The van der Waals surface area contributed by atoms with Gasteiger partial charge in [0, 0.05) is 10.5 Å². The van der Waals surface area contributed by atoms with Gasteiger partial charge in [-0.2, -0.15) is 0 Å². The van der Waals surface area contributed by atoms with E-state index in [0.717, 1.165) is 10.8 Å². The molecule has 1 unspecified atom stereocenters. The van der Waals surface area contributed by atoms with Crippen molar-refractivity contribution in [3.05, 3.63) is 35.2 Å². The molecular weight excluding hydrogens is 238 g/mol. The molecule has 0 amide bonds. The fourth-order valence-corrected chi connectivity index (χ4v) is 4.05. The molecular formula is C12H11NOS2. The number of thiophene rings is 1. The minimum Gasteiger partial charge on any atom is -0.394 e. The van der Waals surface area contributed by atoms with Gasteiger partial charge in [-0.05, 0) is 17.5 Å². The van der Waals surface area contributed by atoms with Crippen LogP contribution >= 0.6 is 21.8 Å². The van der Waals surface area contributed by atoms with Crippen molar-refractivity contribution in [3.8, 4) is 0 Å². The van der Waals surface area contributed by atoms with E-state index in [-0.39, 0.29) is 10.5 Å². The molecule has 0 spiro atoms. The Kier molecular flexibility index (Phi) is 2.53. The minimum atomic E-state index is -0.0202. The van der Waals surface area contributed by atoms with Gasteiger partial charge in [-0.3, -0.25) is 0 Å². The monoisotopic (exact) mass is 249 g/mol. The van der Waals surface area contributed by atoms with Crippen LogP contribution < -0.4 is 0 Å². The molecule has 1 atom stereocenters. The molecule has 3 rings (SSSR count). The molecule has 2 aromatic rings. The molecule has 1 aromatic heterocycles. The molecule has 0 radical (unpaired) electrons. The number of nitrogens with zero attached hydrogens (tertiary/aromatic N) is 1. The van der Waals surface area contributed by atoms with E-state index in [4.69, 9.17) is 4.84 Å². The summed E-state index contributed by atoms with van der Waals surface area (Å²) in [6.45, 7) is 0.695. The van der Waals surface area contributed by atoms with Crippen molar-refractivity contribution in [2.45, 2.75) is 0 Å². The number of oxime groups is 1. The zero-order valence-electron chi connectivity index (χ0n) is 8.68. The third kappa shape index (κ3) is 1.68. The van der Waals surface area contributed by atoms with Crippen LogP contribution in [0, 0.1) is 0 Å². The minimum absolute atomic E-state index is 0.0202. The summed E-state index contributed by atoms with van der Waals surface area (Å²) < 4.78 is 1.29. The van der Waals surface area contributed by atoms with E-state index in [2.05, 4.69) is 41.4 Å². The van der Waals surface area contributed by atoms with Crippen LogP contribution in [0.4, 0.5) is 0 Å². The fourth-order valence-electron chi connectivity index (χ4n) is 1.67. The Morgan fingerprint density at radius 1 is 1.38 bits per heavy atom. The zero-order chi connectivity index (χ0) is 11.0. The van der Waals surface area contributed by atoms with Crippen LogP contribution in [-0.4, -0.2) is 23.3 Å². The van der Waals surface area contributed by atoms with Crippen LogP contribution in [0.25, 0.3) is 10.1 Å². The number of rotatable bonds is 1. The van der Waals surface area contributed by atoms with E-state index in [1.807, 2.05) is 0 Å². The molecule has 2 nitrogen and oxygen atoms in total. The number of hydrogen-bond acceptors (Lipinski definition) is 3. The second-order valence-corrected chi connectivity index (χ2v) is 6.44. The average Bonchev–Trinajstić information content (AvgIpc) is 2.73. The van der Waals surface area contributed by atoms with Crippen molar-refractivity contribution >= 4 is 42.8 Å². The lowest BCUT2D eigenvalue weighted by atomic mass is 10.2. The van der Waals surface area contributed by atoms with Gasteiger partial charge in [0.25, 0.3) is 0 Å². The van der Waals surface area contributed by atoms with Gasteiger partial charge in [-0.15, -0.1) is 21.8 Å². The van der Waals surface area contributed by atoms with Gasteiger partial charge < -0.3 is 4.84 Å². The SMILES string of the molecule is C=S1CCON=C1c1cc2ccccc2s1. The summed E-state index contributed by atoms with van der Waals surface area (Å²) >= 11 is 1.76. The maximum atomic E-state index is 5.16. The zero-order valence-corrected chi connectivity index (χ0v) is 10.3. The lowest BCUT2D eigenvalue weighted by Gasteiger charge is -2.13. The van der Waals surface area contributed by atoms with Gasteiger partial charge >= 0.3 is 0 Å². The van der Waals surface area contributed by atoms with Crippen LogP contribution in [0.15, 0.2) is 35.5 Å². The summed E-state index contributed by atoms with van der Waals surface area (Å²) in [5.41, 5.74) is 0. The lowest BCUT2D eigenvalue weighted by Crippen LogP contribution is -2.09. The molecule has 0 saturated carbocycles. The van der Waals surface area contributed by atoms with Crippen LogP contribution in [0.3, 0.4) is 0 Å². The van der Waals surface area contributed by atoms with E-state index in [0.29, 0.717) is 6.61 Å². The molecule has 1 aliphatic heterocycles.